The Morgan fingerprint density at radius 3 is 2.44 bits per heavy atom. The first kappa shape index (κ1) is 30.3. The summed E-state index contributed by atoms with van der Waals surface area (Å²) in [5, 5.41) is -0.0546. The molecule has 1 fully saturated rings. The lowest BCUT2D eigenvalue weighted by Crippen LogP contribution is -2.55. The van der Waals surface area contributed by atoms with Crippen LogP contribution in [0.25, 0.3) is 0 Å². The molecule has 0 radical (unpaired) electrons. The number of thioether (sulfide) groups is 1. The van der Waals surface area contributed by atoms with E-state index in [9.17, 15) is 9.59 Å². The van der Waals surface area contributed by atoms with Gasteiger partial charge in [0, 0.05) is 6.61 Å². The third kappa shape index (κ3) is 6.90. The fourth-order valence-corrected chi connectivity index (χ4v) is 5.39. The molecular formula is C26H39NO6S2Si. The Balaban J connectivity index is 2.49. The maximum absolute atomic E-state index is 13.3. The van der Waals surface area contributed by atoms with Crippen molar-refractivity contribution < 1.29 is 28.2 Å². The second-order valence-electron chi connectivity index (χ2n) is 10.5. The summed E-state index contributed by atoms with van der Waals surface area (Å²) in [5.41, 5.74) is -0.120. The summed E-state index contributed by atoms with van der Waals surface area (Å²) in [6.45, 7) is 15.0. The van der Waals surface area contributed by atoms with Crippen LogP contribution in [-0.4, -0.2) is 68.3 Å². The molecule has 1 heterocycles. The molecule has 2 rings (SSSR count). The van der Waals surface area contributed by atoms with Crippen LogP contribution in [-0.2, 0) is 30.0 Å². The molecule has 0 bridgehead atoms. The molecule has 1 aliphatic heterocycles. The lowest BCUT2D eigenvalue weighted by molar-refractivity contribution is -0.151. The van der Waals surface area contributed by atoms with Crippen molar-refractivity contribution in [3.8, 4) is 0 Å². The molecule has 1 aliphatic rings. The minimum absolute atomic E-state index is 0.0546. The Kier molecular flexibility index (Phi) is 10.6. The van der Waals surface area contributed by atoms with Crippen molar-refractivity contribution in [3.63, 3.8) is 0 Å². The Labute approximate surface area is 226 Å². The van der Waals surface area contributed by atoms with E-state index in [-0.39, 0.29) is 24.8 Å². The number of hydrogen-bond donors (Lipinski definition) is 0. The first-order chi connectivity index (χ1) is 16.8. The van der Waals surface area contributed by atoms with Gasteiger partial charge in [0.2, 0.25) is 4.38 Å². The fraction of sp³-hybridized carbons (Fsp3) is 0.577. The average molecular weight is 554 g/mol. The Bertz CT molecular complexity index is 936. The molecule has 1 aromatic rings. The van der Waals surface area contributed by atoms with Crippen LogP contribution >= 0.6 is 24.0 Å². The smallest absolute Gasteiger partial charge is 0.411 e. The predicted octanol–water partition coefficient (Wildman–Crippen LogP) is 5.80. The van der Waals surface area contributed by atoms with Crippen LogP contribution in [0.4, 0.5) is 4.79 Å². The number of rotatable bonds is 9. The van der Waals surface area contributed by atoms with E-state index >= 15 is 0 Å². The van der Waals surface area contributed by atoms with Crippen LogP contribution in [0, 0.1) is 5.41 Å². The number of likely N-dealkylation sites (tertiary alicyclic amines) is 1. The van der Waals surface area contributed by atoms with Gasteiger partial charge in [-0.1, -0.05) is 68.9 Å². The number of carbonyl (C=O) groups is 2. The maximum atomic E-state index is 13.3. The molecule has 0 unspecified atom stereocenters. The van der Waals surface area contributed by atoms with Crippen molar-refractivity contribution in [2.75, 3.05) is 26.5 Å². The molecule has 36 heavy (non-hydrogen) atoms. The zero-order valence-electron chi connectivity index (χ0n) is 22.4. The number of methoxy groups -OCH3 is 1. The van der Waals surface area contributed by atoms with Crippen LogP contribution in [0.2, 0.25) is 18.1 Å². The summed E-state index contributed by atoms with van der Waals surface area (Å²) in [6, 6.07) is 8.37. The highest BCUT2D eigenvalue weighted by Gasteiger charge is 2.61. The number of esters is 1. The van der Waals surface area contributed by atoms with Crippen molar-refractivity contribution in [2.24, 2.45) is 5.41 Å². The molecule has 0 N–H and O–H groups in total. The van der Waals surface area contributed by atoms with Crippen molar-refractivity contribution in [1.82, 2.24) is 4.90 Å². The molecule has 0 saturated carbocycles. The number of benzene rings is 1. The molecular weight excluding hydrogens is 515 g/mol. The highest BCUT2D eigenvalue weighted by atomic mass is 32.2. The van der Waals surface area contributed by atoms with E-state index in [4.69, 9.17) is 30.9 Å². The minimum atomic E-state index is -2.22. The Morgan fingerprint density at radius 1 is 1.28 bits per heavy atom. The monoisotopic (exact) mass is 553 g/mol. The lowest BCUT2D eigenvalue weighted by atomic mass is 9.76. The number of hydrogen-bond acceptors (Lipinski definition) is 8. The zero-order chi connectivity index (χ0) is 27.1. The van der Waals surface area contributed by atoms with E-state index < -0.39 is 37.9 Å². The van der Waals surface area contributed by atoms with E-state index in [2.05, 4.69) is 40.4 Å². The molecule has 0 aromatic heterocycles. The summed E-state index contributed by atoms with van der Waals surface area (Å²) in [5.74, 6) is -0.562. The van der Waals surface area contributed by atoms with Crippen LogP contribution in [0.15, 0.2) is 43.0 Å². The maximum Gasteiger partial charge on any atom is 0.411 e. The predicted molar refractivity (Wildman–Crippen MR) is 151 cm³/mol. The summed E-state index contributed by atoms with van der Waals surface area (Å²) in [6.07, 6.45) is 2.65. The van der Waals surface area contributed by atoms with E-state index in [1.807, 2.05) is 36.6 Å². The number of carbonyl (C=O) groups excluding carboxylic acids is 2. The zero-order valence-corrected chi connectivity index (χ0v) is 25.0. The van der Waals surface area contributed by atoms with Gasteiger partial charge in [-0.25, -0.2) is 9.59 Å². The van der Waals surface area contributed by atoms with Crippen molar-refractivity contribution in [1.29, 1.82) is 0 Å². The topological polar surface area (TPSA) is 74.3 Å². The summed E-state index contributed by atoms with van der Waals surface area (Å²) in [4.78, 5) is 28.0. The third-order valence-electron chi connectivity index (χ3n) is 7.16. The van der Waals surface area contributed by atoms with Crippen LogP contribution < -0.4 is 0 Å². The van der Waals surface area contributed by atoms with Gasteiger partial charge < -0.3 is 18.6 Å². The van der Waals surface area contributed by atoms with Crippen LogP contribution in [0.1, 0.15) is 32.8 Å². The van der Waals surface area contributed by atoms with E-state index in [1.165, 1.54) is 23.8 Å². The van der Waals surface area contributed by atoms with Crippen molar-refractivity contribution >= 4 is 48.7 Å². The quantitative estimate of drug-likeness (QED) is 0.164. The SMILES string of the molecule is C=CC[C@]1(CO[Si](C)(C)C(C)(C)C)[C@H](OC(=S)SC)CN(C(=O)OCc2ccccc2)[C@@H]1C(=O)OC. The van der Waals surface area contributed by atoms with E-state index in [1.54, 1.807) is 6.08 Å². The molecule has 1 amide bonds. The summed E-state index contributed by atoms with van der Waals surface area (Å²) < 4.78 is 23.9. The number of ether oxygens (including phenoxy) is 3. The highest BCUT2D eigenvalue weighted by molar-refractivity contribution is 8.22. The molecule has 200 valence electrons. The normalized spacial score (nSPS) is 22.1. The third-order valence-corrected chi connectivity index (χ3v) is 12.7. The van der Waals surface area contributed by atoms with Gasteiger partial charge in [-0.3, -0.25) is 4.90 Å². The van der Waals surface area contributed by atoms with Crippen LogP contribution in [0.3, 0.4) is 0 Å². The molecule has 0 spiro atoms. The minimum Gasteiger partial charge on any atom is -0.473 e. The van der Waals surface area contributed by atoms with Crippen LogP contribution in [0.5, 0.6) is 0 Å². The fourth-order valence-electron chi connectivity index (χ4n) is 4.00. The second-order valence-corrected chi connectivity index (χ2v) is 16.7. The van der Waals surface area contributed by atoms with Gasteiger partial charge in [0.1, 0.15) is 18.8 Å². The first-order valence-corrected chi connectivity index (χ1v) is 16.4. The lowest BCUT2D eigenvalue weighted by Gasteiger charge is -2.43. The standard InChI is InChI=1S/C26H39NO6S2Si/c1-9-15-26(18-32-36(7,8)25(2,3)4)20(33-24(34)35-6)16-27(21(26)22(28)30-5)23(29)31-17-19-13-11-10-12-14-19/h9-14,20-21H,1,15-18H2,2-8H3/t20-,21-,26+/m1/s1. The average Bonchev–Trinajstić information content (AvgIpc) is 3.14. The Morgan fingerprint density at radius 2 is 1.92 bits per heavy atom. The number of amides is 1. The van der Waals surface area contributed by atoms with Gasteiger partial charge in [-0.15, -0.1) is 6.58 Å². The van der Waals surface area contributed by atoms with E-state index in [0.717, 1.165) is 5.56 Å². The number of thiocarbonyl (C=S) groups is 1. The highest BCUT2D eigenvalue weighted by Crippen LogP contribution is 2.46. The van der Waals surface area contributed by atoms with Gasteiger partial charge in [0.15, 0.2) is 8.32 Å². The molecule has 7 nitrogen and oxygen atoms in total. The van der Waals surface area contributed by atoms with Crippen molar-refractivity contribution in [2.45, 2.75) is 64.1 Å². The van der Waals surface area contributed by atoms with E-state index in [0.29, 0.717) is 10.8 Å². The molecule has 1 aromatic carbocycles. The second kappa shape index (κ2) is 12.6. The number of allylic oxidation sites excluding steroid dienone is 1. The summed E-state index contributed by atoms with van der Waals surface area (Å²) in [7, 11) is -0.915. The molecule has 3 atom stereocenters. The Hall–Kier alpha value is -1.88. The molecule has 1 saturated heterocycles. The van der Waals surface area contributed by atoms with Gasteiger partial charge in [-0.05, 0) is 48.6 Å². The van der Waals surface area contributed by atoms with Gasteiger partial charge in [-0.2, -0.15) is 0 Å². The van der Waals surface area contributed by atoms with Gasteiger partial charge in [0.25, 0.3) is 0 Å². The molecule has 0 aliphatic carbocycles. The molecule has 10 heteroatoms. The summed E-state index contributed by atoms with van der Waals surface area (Å²) >= 11 is 6.67. The van der Waals surface area contributed by atoms with Gasteiger partial charge in [0.05, 0.1) is 19.1 Å². The number of nitrogens with zero attached hydrogens (tertiary/aromatic N) is 1. The van der Waals surface area contributed by atoms with Crippen molar-refractivity contribution in [3.05, 3.63) is 48.6 Å². The largest absolute Gasteiger partial charge is 0.473 e. The van der Waals surface area contributed by atoms with Gasteiger partial charge >= 0.3 is 12.1 Å². The first-order valence-electron chi connectivity index (χ1n) is 11.9.